The lowest BCUT2D eigenvalue weighted by atomic mass is 9.89. The van der Waals surface area contributed by atoms with Crippen LogP contribution in [0.1, 0.15) is 84.5 Å². The Bertz CT molecular complexity index is 609. The molecule has 3 saturated heterocycles. The Balaban J connectivity index is 1.45. The van der Waals surface area contributed by atoms with Gasteiger partial charge in [0.1, 0.15) is 6.10 Å². The lowest BCUT2D eigenvalue weighted by molar-refractivity contribution is -0.194. The summed E-state index contributed by atoms with van der Waals surface area (Å²) in [6.07, 6.45) is 15.4. The van der Waals surface area contributed by atoms with Gasteiger partial charge in [-0.25, -0.2) is 0 Å². The fraction of sp³-hybridized carbons (Fsp3) is 0.885. The number of ether oxygens (including phenoxy) is 5. The van der Waals surface area contributed by atoms with Gasteiger partial charge in [0.25, 0.3) is 0 Å². The number of hydrogen-bond acceptors (Lipinski definition) is 6. The highest BCUT2D eigenvalue weighted by Crippen LogP contribution is 2.44. The zero-order valence-electron chi connectivity index (χ0n) is 19.9. The monoisotopic (exact) mass is 450 g/mol. The summed E-state index contributed by atoms with van der Waals surface area (Å²) in [5.74, 6) is 0.667. The summed E-state index contributed by atoms with van der Waals surface area (Å²) in [6, 6.07) is 0. The van der Waals surface area contributed by atoms with Gasteiger partial charge in [-0.2, -0.15) is 0 Å². The van der Waals surface area contributed by atoms with E-state index in [2.05, 4.69) is 26.0 Å². The normalized spacial score (nSPS) is 37.4. The molecular weight excluding hydrogens is 408 g/mol. The number of esters is 1. The summed E-state index contributed by atoms with van der Waals surface area (Å²) in [4.78, 5) is 12.0. The number of hydrogen-bond donors (Lipinski definition) is 0. The zero-order valence-corrected chi connectivity index (χ0v) is 19.9. The van der Waals surface area contributed by atoms with E-state index in [1.807, 2.05) is 0 Å². The highest BCUT2D eigenvalue weighted by atomic mass is 16.7. The van der Waals surface area contributed by atoms with Gasteiger partial charge in [-0.15, -0.1) is 0 Å². The molecule has 8 atom stereocenters. The Labute approximate surface area is 193 Å². The van der Waals surface area contributed by atoms with Crippen molar-refractivity contribution >= 4 is 5.97 Å². The summed E-state index contributed by atoms with van der Waals surface area (Å²) >= 11 is 0. The fourth-order valence-corrected chi connectivity index (χ4v) is 5.61. The van der Waals surface area contributed by atoms with Gasteiger partial charge in [0.15, 0.2) is 12.6 Å². The van der Waals surface area contributed by atoms with Crippen molar-refractivity contribution < 1.29 is 28.5 Å². The minimum absolute atomic E-state index is 0.00769. The van der Waals surface area contributed by atoms with Gasteiger partial charge in [0, 0.05) is 31.5 Å². The van der Waals surface area contributed by atoms with Gasteiger partial charge in [0.05, 0.1) is 18.6 Å². The second kappa shape index (κ2) is 12.0. The lowest BCUT2D eigenvalue weighted by Crippen LogP contribution is -2.32. The van der Waals surface area contributed by atoms with Crippen LogP contribution in [-0.4, -0.2) is 50.1 Å². The smallest absolute Gasteiger partial charge is 0.306 e. The third-order valence-electron chi connectivity index (χ3n) is 7.56. The van der Waals surface area contributed by atoms with Gasteiger partial charge in [0.2, 0.25) is 0 Å². The van der Waals surface area contributed by atoms with Crippen LogP contribution in [0.15, 0.2) is 12.2 Å². The molecule has 0 bridgehead atoms. The van der Waals surface area contributed by atoms with E-state index >= 15 is 0 Å². The van der Waals surface area contributed by atoms with Crippen LogP contribution < -0.4 is 0 Å². The minimum atomic E-state index is -0.134. The predicted octanol–water partition coefficient (Wildman–Crippen LogP) is 5.14. The van der Waals surface area contributed by atoms with Crippen molar-refractivity contribution in [2.24, 2.45) is 17.8 Å². The maximum absolute atomic E-state index is 12.0. The van der Waals surface area contributed by atoms with Crippen molar-refractivity contribution in [3.63, 3.8) is 0 Å². The van der Waals surface area contributed by atoms with Crippen molar-refractivity contribution in [2.45, 2.75) is 115 Å². The summed E-state index contributed by atoms with van der Waals surface area (Å²) in [5, 5.41) is 0. The molecule has 4 aliphatic rings. The molecule has 0 amide bonds. The molecule has 182 valence electrons. The topological polar surface area (TPSA) is 63.2 Å². The third kappa shape index (κ3) is 6.34. The number of fused-ring (bicyclic) bond motifs is 1. The molecule has 0 radical (unpaired) electrons. The molecule has 6 nitrogen and oxygen atoms in total. The van der Waals surface area contributed by atoms with Gasteiger partial charge < -0.3 is 23.7 Å². The zero-order chi connectivity index (χ0) is 22.3. The van der Waals surface area contributed by atoms with E-state index in [-0.39, 0.29) is 48.7 Å². The molecule has 0 aromatic carbocycles. The maximum atomic E-state index is 12.0. The largest absolute Gasteiger partial charge is 0.462 e. The molecule has 1 saturated carbocycles. The average molecular weight is 451 g/mol. The first kappa shape index (κ1) is 24.2. The molecule has 32 heavy (non-hydrogen) atoms. The van der Waals surface area contributed by atoms with Crippen LogP contribution in [0.25, 0.3) is 0 Å². The van der Waals surface area contributed by atoms with E-state index < -0.39 is 0 Å². The SMILES string of the molecule is CCCC[C@H](C)[C@@H](C=C[C@@H]1[C@H]2CC(=O)O[C@H]2C[C@H]1OC1CCCCO1)OC1CCCCO1. The molecule has 0 aromatic rings. The molecule has 3 aliphatic heterocycles. The van der Waals surface area contributed by atoms with Crippen LogP contribution in [0.3, 0.4) is 0 Å². The Morgan fingerprint density at radius 1 is 1.09 bits per heavy atom. The Hall–Kier alpha value is -0.950. The summed E-state index contributed by atoms with van der Waals surface area (Å²) in [5.41, 5.74) is 0. The van der Waals surface area contributed by atoms with Crippen LogP contribution in [0, 0.1) is 17.8 Å². The quantitative estimate of drug-likeness (QED) is 0.339. The second-order valence-electron chi connectivity index (χ2n) is 10.1. The molecule has 6 heteroatoms. The molecule has 2 unspecified atom stereocenters. The van der Waals surface area contributed by atoms with Crippen LogP contribution in [-0.2, 0) is 28.5 Å². The van der Waals surface area contributed by atoms with Crippen LogP contribution >= 0.6 is 0 Å². The Morgan fingerprint density at radius 2 is 1.84 bits per heavy atom. The van der Waals surface area contributed by atoms with E-state index in [0.717, 1.165) is 64.6 Å². The number of rotatable bonds is 10. The van der Waals surface area contributed by atoms with E-state index in [9.17, 15) is 4.79 Å². The molecule has 3 heterocycles. The van der Waals surface area contributed by atoms with Crippen molar-refractivity contribution in [1.29, 1.82) is 0 Å². The number of unbranched alkanes of at least 4 members (excludes halogenated alkanes) is 1. The first-order chi connectivity index (χ1) is 15.6. The van der Waals surface area contributed by atoms with Gasteiger partial charge in [-0.1, -0.05) is 38.8 Å². The average Bonchev–Trinajstić information content (AvgIpc) is 3.31. The van der Waals surface area contributed by atoms with E-state index in [0.29, 0.717) is 12.3 Å². The summed E-state index contributed by atoms with van der Waals surface area (Å²) in [7, 11) is 0. The van der Waals surface area contributed by atoms with Crippen molar-refractivity contribution in [3.8, 4) is 0 Å². The first-order valence-corrected chi connectivity index (χ1v) is 13.1. The summed E-state index contributed by atoms with van der Waals surface area (Å²) in [6.45, 7) is 6.06. The van der Waals surface area contributed by atoms with Gasteiger partial charge in [-0.3, -0.25) is 4.79 Å². The minimum Gasteiger partial charge on any atom is -0.462 e. The molecule has 0 spiro atoms. The second-order valence-corrected chi connectivity index (χ2v) is 10.1. The molecule has 4 fully saturated rings. The van der Waals surface area contributed by atoms with Crippen molar-refractivity contribution in [3.05, 3.63) is 12.2 Å². The maximum Gasteiger partial charge on any atom is 0.306 e. The van der Waals surface area contributed by atoms with Crippen molar-refractivity contribution in [2.75, 3.05) is 13.2 Å². The van der Waals surface area contributed by atoms with Crippen LogP contribution in [0.5, 0.6) is 0 Å². The third-order valence-corrected chi connectivity index (χ3v) is 7.56. The van der Waals surface area contributed by atoms with Gasteiger partial charge >= 0.3 is 5.97 Å². The predicted molar refractivity (Wildman–Crippen MR) is 121 cm³/mol. The van der Waals surface area contributed by atoms with E-state index in [1.165, 1.54) is 12.8 Å². The molecule has 0 aromatic heterocycles. The van der Waals surface area contributed by atoms with Gasteiger partial charge in [-0.05, 0) is 50.9 Å². The van der Waals surface area contributed by atoms with E-state index in [4.69, 9.17) is 23.7 Å². The highest BCUT2D eigenvalue weighted by molar-refractivity contribution is 5.72. The lowest BCUT2D eigenvalue weighted by Gasteiger charge is -2.31. The standard InChI is InChI=1S/C26H42O6/c1-3-4-9-18(2)21(31-25-10-5-7-14-28-25)13-12-19-20-16-24(27)30-23(20)17-22(19)32-26-11-6-8-15-29-26/h12-13,18-23,25-26H,3-11,14-17H2,1-2H3/t18-,19+,20+,21+,22+,23-,25?,26?/m0/s1. The van der Waals surface area contributed by atoms with Crippen LogP contribution in [0.4, 0.5) is 0 Å². The van der Waals surface area contributed by atoms with Crippen molar-refractivity contribution in [1.82, 2.24) is 0 Å². The number of carbonyl (C=O) groups excluding carboxylic acids is 1. The first-order valence-electron chi connectivity index (χ1n) is 13.1. The summed E-state index contributed by atoms with van der Waals surface area (Å²) < 4.78 is 30.2. The molecule has 1 aliphatic carbocycles. The highest BCUT2D eigenvalue weighted by Gasteiger charge is 2.50. The van der Waals surface area contributed by atoms with E-state index in [1.54, 1.807) is 0 Å². The molecular formula is C26H42O6. The Morgan fingerprint density at radius 3 is 2.53 bits per heavy atom. The molecule has 0 N–H and O–H groups in total. The number of carbonyl (C=O) groups is 1. The van der Waals surface area contributed by atoms with Crippen LogP contribution in [0.2, 0.25) is 0 Å². The molecule has 4 rings (SSSR count). The fourth-order valence-electron chi connectivity index (χ4n) is 5.61. The Kier molecular flexibility index (Phi) is 9.04.